The zero-order valence-electron chi connectivity index (χ0n) is 23.7. The van der Waals surface area contributed by atoms with Crippen molar-refractivity contribution in [1.29, 1.82) is 0 Å². The third-order valence-corrected chi connectivity index (χ3v) is 7.41. The third kappa shape index (κ3) is 6.87. The van der Waals surface area contributed by atoms with Crippen molar-refractivity contribution >= 4 is 34.3 Å². The minimum absolute atomic E-state index is 0.0664. The van der Waals surface area contributed by atoms with Crippen molar-refractivity contribution in [3.63, 3.8) is 0 Å². The van der Waals surface area contributed by atoms with Gasteiger partial charge in [0.15, 0.2) is 0 Å². The first-order chi connectivity index (χ1) is 20.5. The van der Waals surface area contributed by atoms with Crippen LogP contribution >= 0.6 is 0 Å². The van der Waals surface area contributed by atoms with Gasteiger partial charge in [0, 0.05) is 63.8 Å². The van der Waals surface area contributed by atoms with Crippen LogP contribution in [0.4, 0.5) is 39.5 Å². The number of alkyl halides is 3. The molecule has 0 saturated carbocycles. The Balaban J connectivity index is 1.32. The van der Waals surface area contributed by atoms with Gasteiger partial charge in [0.25, 0.3) is 0 Å². The molecular formula is C29H32F4N8O2. The lowest BCUT2D eigenvalue weighted by molar-refractivity contribution is -0.138. The first-order valence-electron chi connectivity index (χ1n) is 13.6. The Morgan fingerprint density at radius 2 is 1.84 bits per heavy atom. The van der Waals surface area contributed by atoms with Crippen LogP contribution < -0.4 is 16.4 Å². The van der Waals surface area contributed by atoms with E-state index in [0.29, 0.717) is 48.4 Å². The lowest BCUT2D eigenvalue weighted by Gasteiger charge is -2.33. The standard InChI is InChI=1S/C29H32F4N8O2/c1-39-7-9-40(10-8-39)15-19-3-5-20(14-22(19)29(31,32)33)37-28(42)38-24-6-4-18(13-23(24)30)21-16-41(11-12-43-2)27-25(21)26(34)35-17-36-27/h3-6,13-14,16-17H,7-12,15H2,1-2H3,(H2,34,35,36)(H2,37,38,42). The van der Waals surface area contributed by atoms with Crippen LogP contribution in [-0.4, -0.2) is 77.3 Å². The maximum absolute atomic E-state index is 15.2. The van der Waals surface area contributed by atoms with Crippen molar-refractivity contribution in [2.24, 2.45) is 0 Å². The molecular weight excluding hydrogens is 568 g/mol. The Hall–Kier alpha value is -4.27. The molecule has 0 bridgehead atoms. The molecule has 3 heterocycles. The summed E-state index contributed by atoms with van der Waals surface area (Å²) in [7, 11) is 3.55. The van der Waals surface area contributed by atoms with Crippen LogP contribution in [-0.2, 0) is 24.0 Å². The van der Waals surface area contributed by atoms with Crippen LogP contribution in [0.5, 0.6) is 0 Å². The topological polar surface area (TPSA) is 114 Å². The van der Waals surface area contributed by atoms with Gasteiger partial charge in [-0.15, -0.1) is 0 Å². The molecule has 0 aliphatic carbocycles. The second-order valence-electron chi connectivity index (χ2n) is 10.4. The van der Waals surface area contributed by atoms with Gasteiger partial charge < -0.3 is 30.6 Å². The Morgan fingerprint density at radius 3 is 2.53 bits per heavy atom. The number of rotatable bonds is 8. The number of aromatic nitrogens is 3. The summed E-state index contributed by atoms with van der Waals surface area (Å²) < 4.78 is 63.9. The fourth-order valence-electron chi connectivity index (χ4n) is 5.10. The number of methoxy groups -OCH3 is 1. The Morgan fingerprint density at radius 1 is 1.07 bits per heavy atom. The largest absolute Gasteiger partial charge is 0.416 e. The molecule has 228 valence electrons. The average Bonchev–Trinajstić information content (AvgIpc) is 3.34. The molecule has 1 aliphatic rings. The lowest BCUT2D eigenvalue weighted by atomic mass is 10.0. The predicted octanol–water partition coefficient (Wildman–Crippen LogP) is 4.88. The van der Waals surface area contributed by atoms with Gasteiger partial charge in [0.1, 0.15) is 23.6 Å². The predicted molar refractivity (Wildman–Crippen MR) is 156 cm³/mol. The number of amides is 2. The molecule has 1 aliphatic heterocycles. The quantitative estimate of drug-likeness (QED) is 0.247. The molecule has 1 fully saturated rings. The fourth-order valence-corrected chi connectivity index (χ4v) is 5.10. The van der Waals surface area contributed by atoms with Gasteiger partial charge in [-0.2, -0.15) is 13.2 Å². The van der Waals surface area contributed by atoms with Crippen molar-refractivity contribution in [2.75, 3.05) is 63.3 Å². The number of nitrogens with zero attached hydrogens (tertiary/aromatic N) is 5. The van der Waals surface area contributed by atoms with Crippen LogP contribution in [0.25, 0.3) is 22.2 Å². The Bertz CT molecular complexity index is 1620. The third-order valence-electron chi connectivity index (χ3n) is 7.41. The maximum Gasteiger partial charge on any atom is 0.416 e. The molecule has 2 aromatic carbocycles. The summed E-state index contributed by atoms with van der Waals surface area (Å²) in [4.78, 5) is 25.1. The molecule has 4 N–H and O–H groups in total. The first-order valence-corrected chi connectivity index (χ1v) is 13.6. The summed E-state index contributed by atoms with van der Waals surface area (Å²) in [5, 5.41) is 5.30. The van der Waals surface area contributed by atoms with Gasteiger partial charge in [-0.05, 0) is 42.4 Å². The number of nitrogens with one attached hydrogen (secondary N) is 2. The van der Waals surface area contributed by atoms with E-state index >= 15 is 4.39 Å². The van der Waals surface area contributed by atoms with E-state index in [1.54, 1.807) is 19.4 Å². The molecule has 43 heavy (non-hydrogen) atoms. The average molecular weight is 601 g/mol. The molecule has 0 atom stereocenters. The number of urea groups is 1. The maximum atomic E-state index is 15.2. The number of anilines is 3. The summed E-state index contributed by atoms with van der Waals surface area (Å²) >= 11 is 0. The second-order valence-corrected chi connectivity index (χ2v) is 10.4. The first kappa shape index (κ1) is 30.2. The molecule has 2 amide bonds. The highest BCUT2D eigenvalue weighted by atomic mass is 19.4. The number of hydrogen-bond donors (Lipinski definition) is 3. The van der Waals surface area contributed by atoms with Gasteiger partial charge >= 0.3 is 12.2 Å². The highest BCUT2D eigenvalue weighted by Crippen LogP contribution is 2.36. The summed E-state index contributed by atoms with van der Waals surface area (Å²) in [6.07, 6.45) is -1.50. The lowest BCUT2D eigenvalue weighted by Crippen LogP contribution is -2.44. The number of fused-ring (bicyclic) bond motifs is 1. The summed E-state index contributed by atoms with van der Waals surface area (Å²) in [6.45, 7) is 3.93. The van der Waals surface area contributed by atoms with E-state index in [1.807, 2.05) is 16.5 Å². The number of piperazine rings is 1. The molecule has 0 spiro atoms. The minimum Gasteiger partial charge on any atom is -0.383 e. The molecule has 0 unspecified atom stereocenters. The van der Waals surface area contributed by atoms with Crippen molar-refractivity contribution in [2.45, 2.75) is 19.3 Å². The summed E-state index contributed by atoms with van der Waals surface area (Å²) in [5.74, 6) is -0.523. The van der Waals surface area contributed by atoms with Gasteiger partial charge in [-0.25, -0.2) is 19.2 Å². The van der Waals surface area contributed by atoms with Crippen LogP contribution in [0.3, 0.4) is 0 Å². The fraction of sp³-hybridized carbons (Fsp3) is 0.345. The molecule has 10 nitrogen and oxygen atoms in total. The number of nitrogens with two attached hydrogens (primary N) is 1. The number of carbonyl (C=O) groups is 1. The molecule has 2 aromatic heterocycles. The zero-order chi connectivity index (χ0) is 30.7. The number of carbonyl (C=O) groups excluding carboxylic acids is 1. The number of ether oxygens (including phenoxy) is 1. The molecule has 14 heteroatoms. The van der Waals surface area contributed by atoms with Gasteiger partial charge in [-0.1, -0.05) is 12.1 Å². The van der Waals surface area contributed by atoms with E-state index in [2.05, 4.69) is 25.5 Å². The van der Waals surface area contributed by atoms with Gasteiger partial charge in [-0.3, -0.25) is 4.90 Å². The number of nitrogen functional groups attached to an aromatic ring is 1. The van der Waals surface area contributed by atoms with E-state index in [4.69, 9.17) is 10.5 Å². The number of benzene rings is 2. The van der Waals surface area contributed by atoms with E-state index in [-0.39, 0.29) is 29.3 Å². The minimum atomic E-state index is -4.61. The van der Waals surface area contributed by atoms with E-state index in [1.165, 1.54) is 30.6 Å². The monoisotopic (exact) mass is 600 g/mol. The van der Waals surface area contributed by atoms with Crippen molar-refractivity contribution < 1.29 is 27.1 Å². The van der Waals surface area contributed by atoms with Crippen LogP contribution in [0.1, 0.15) is 11.1 Å². The van der Waals surface area contributed by atoms with E-state index in [0.717, 1.165) is 19.2 Å². The van der Waals surface area contributed by atoms with Crippen molar-refractivity contribution in [3.8, 4) is 11.1 Å². The van der Waals surface area contributed by atoms with Crippen molar-refractivity contribution in [1.82, 2.24) is 24.3 Å². The zero-order valence-corrected chi connectivity index (χ0v) is 23.7. The number of hydrogen-bond acceptors (Lipinski definition) is 7. The highest BCUT2D eigenvalue weighted by molar-refractivity contribution is 6.02. The number of likely N-dealkylation sites (N-methyl/N-ethyl adjacent to an activating group) is 1. The SMILES string of the molecule is COCCn1cc(-c2ccc(NC(=O)Nc3ccc(CN4CCN(C)CC4)c(C(F)(F)F)c3)c(F)c2)c2c(N)ncnc21. The summed E-state index contributed by atoms with van der Waals surface area (Å²) in [5.41, 5.74) is 6.81. The molecule has 4 aromatic rings. The molecule has 0 radical (unpaired) electrons. The van der Waals surface area contributed by atoms with Crippen LogP contribution in [0.15, 0.2) is 48.9 Å². The number of halogens is 4. The van der Waals surface area contributed by atoms with Crippen LogP contribution in [0.2, 0.25) is 0 Å². The van der Waals surface area contributed by atoms with Gasteiger partial charge in [0.2, 0.25) is 0 Å². The normalized spacial score (nSPS) is 14.7. The highest BCUT2D eigenvalue weighted by Gasteiger charge is 2.34. The molecule has 1 saturated heterocycles. The Labute approximate surface area is 245 Å². The second kappa shape index (κ2) is 12.5. The van der Waals surface area contributed by atoms with Crippen molar-refractivity contribution in [3.05, 3.63) is 65.9 Å². The molecule has 5 rings (SSSR count). The van der Waals surface area contributed by atoms with Gasteiger partial charge in [0.05, 0.1) is 23.2 Å². The Kier molecular flexibility index (Phi) is 8.80. The smallest absolute Gasteiger partial charge is 0.383 e. The van der Waals surface area contributed by atoms with Crippen LogP contribution in [0, 0.1) is 5.82 Å². The van der Waals surface area contributed by atoms with E-state index in [9.17, 15) is 18.0 Å². The summed E-state index contributed by atoms with van der Waals surface area (Å²) in [6, 6.07) is 6.97. The van der Waals surface area contributed by atoms with E-state index < -0.39 is 23.6 Å².